The molecule has 274 valence electrons. The van der Waals surface area contributed by atoms with Crippen LogP contribution in [0.15, 0.2) is 109 Å². The lowest BCUT2D eigenvalue weighted by molar-refractivity contribution is 0.107. The van der Waals surface area contributed by atoms with Gasteiger partial charge in [-0.15, -0.1) is 0 Å². The second-order valence-corrected chi connectivity index (χ2v) is 14.8. The topological polar surface area (TPSA) is 109 Å². The van der Waals surface area contributed by atoms with Gasteiger partial charge in [0, 0.05) is 36.7 Å². The Morgan fingerprint density at radius 2 is 1.61 bits per heavy atom. The minimum atomic E-state index is -1.85. The molecule has 0 saturated carbocycles. The van der Waals surface area contributed by atoms with Gasteiger partial charge < -0.3 is 24.4 Å². The fourth-order valence-electron chi connectivity index (χ4n) is 8.78. The highest BCUT2D eigenvalue weighted by Crippen LogP contribution is 2.44. The first-order valence-corrected chi connectivity index (χ1v) is 18.7. The first kappa shape index (κ1) is 34.7. The van der Waals surface area contributed by atoms with Crippen LogP contribution >= 0.6 is 11.6 Å². The number of rotatable bonds is 10. The number of aromatic nitrogens is 4. The molecule has 0 bridgehead atoms. The largest absolute Gasteiger partial charge is 0.490 e. The average molecular weight is 745 g/mol. The summed E-state index contributed by atoms with van der Waals surface area (Å²) in [5.74, 6) is 0.817. The molecule has 0 radical (unpaired) electrons. The van der Waals surface area contributed by atoms with Crippen molar-refractivity contribution >= 4 is 40.9 Å². The normalized spacial score (nSPS) is 19.8. The molecule has 0 aliphatic carbocycles. The Morgan fingerprint density at radius 3 is 2.26 bits per heavy atom. The lowest BCUT2D eigenvalue weighted by atomic mass is 9.77. The summed E-state index contributed by atoms with van der Waals surface area (Å²) in [6, 6.07) is 32.8. The van der Waals surface area contributed by atoms with Gasteiger partial charge in [-0.05, 0) is 42.1 Å². The Labute approximate surface area is 317 Å². The number of hydrogen-bond acceptors (Lipinski definition) is 9. The van der Waals surface area contributed by atoms with Crippen molar-refractivity contribution in [3.8, 4) is 11.8 Å². The Hall–Kier alpha value is -5.01. The Morgan fingerprint density at radius 1 is 0.944 bits per heavy atom. The van der Waals surface area contributed by atoms with Gasteiger partial charge in [0.1, 0.15) is 30.7 Å². The van der Waals surface area contributed by atoms with Gasteiger partial charge in [-0.3, -0.25) is 9.58 Å². The Kier molecular flexibility index (Phi) is 9.01. The number of alkyl halides is 1. The maximum absolute atomic E-state index is 14.6. The molecule has 0 unspecified atom stereocenters. The minimum absolute atomic E-state index is 0.0696. The molecule has 2 saturated heterocycles. The van der Waals surface area contributed by atoms with Gasteiger partial charge >= 0.3 is 13.1 Å². The minimum Gasteiger partial charge on any atom is -0.489 e. The molecule has 9 rings (SSSR count). The maximum Gasteiger partial charge on any atom is 0.490 e. The molecule has 0 spiro atoms. The number of benzene rings is 4. The highest BCUT2D eigenvalue weighted by molar-refractivity contribution is 6.63. The van der Waals surface area contributed by atoms with E-state index < -0.39 is 24.4 Å². The smallest absolute Gasteiger partial charge is 0.489 e. The van der Waals surface area contributed by atoms with Crippen LogP contribution in [0, 0.1) is 0 Å². The quantitative estimate of drug-likeness (QED) is 0.142. The predicted octanol–water partition coefficient (Wildman–Crippen LogP) is 5.35. The number of halogens is 2. The van der Waals surface area contributed by atoms with Crippen molar-refractivity contribution in [2.45, 2.75) is 43.1 Å². The summed E-state index contributed by atoms with van der Waals surface area (Å²) in [5.41, 5.74) is 3.40. The number of hydrogen-bond donors (Lipinski definition) is 2. The van der Waals surface area contributed by atoms with E-state index in [2.05, 4.69) is 52.4 Å². The number of anilines is 1. The lowest BCUT2D eigenvalue weighted by Gasteiger charge is -2.36. The summed E-state index contributed by atoms with van der Waals surface area (Å²) < 4.78 is 29.2. The van der Waals surface area contributed by atoms with E-state index >= 15 is 0 Å². The van der Waals surface area contributed by atoms with E-state index in [-0.39, 0.29) is 35.5 Å². The molecule has 54 heavy (non-hydrogen) atoms. The zero-order valence-corrected chi connectivity index (χ0v) is 30.3. The van der Waals surface area contributed by atoms with Gasteiger partial charge in [0.2, 0.25) is 0 Å². The van der Waals surface area contributed by atoms with Crippen molar-refractivity contribution in [1.29, 1.82) is 0 Å². The van der Waals surface area contributed by atoms with E-state index in [1.54, 1.807) is 0 Å². The standard InChI is InChI=1S/C41H39BClFN6O4/c43-36-33(42(51)52)21-34-35-37(36)53-20-19-48(38(35)47-39(46-34)54-27-40-17-10-18-49(40)26-32(44)22-40)24-28-23-45-50(25-28)41(29-11-4-1-5-12-29,30-13-6-2-7-14-30)31-15-8-3-9-16-31/h1-9,11-16,21,23,25,32,51-52H,10,17-20,22,24,26-27H2/t32-,40+/m1/s1. The molecule has 5 heterocycles. The molecule has 2 aromatic heterocycles. The van der Waals surface area contributed by atoms with Crippen LogP contribution < -0.4 is 19.8 Å². The molecule has 6 aromatic rings. The van der Waals surface area contributed by atoms with Gasteiger partial charge in [-0.2, -0.15) is 15.1 Å². The highest BCUT2D eigenvalue weighted by Gasteiger charge is 2.49. The van der Waals surface area contributed by atoms with Crippen molar-refractivity contribution < 1.29 is 23.9 Å². The van der Waals surface area contributed by atoms with Gasteiger partial charge in [0.05, 0.1) is 34.2 Å². The first-order valence-electron chi connectivity index (χ1n) is 18.4. The van der Waals surface area contributed by atoms with Crippen LogP contribution in [0.2, 0.25) is 5.02 Å². The second kappa shape index (κ2) is 14.0. The number of fused-ring (bicyclic) bond motifs is 1. The zero-order chi connectivity index (χ0) is 36.9. The van der Waals surface area contributed by atoms with Crippen molar-refractivity contribution in [2.24, 2.45) is 0 Å². The number of nitrogens with zero attached hydrogens (tertiary/aromatic N) is 6. The highest BCUT2D eigenvalue weighted by atomic mass is 35.5. The summed E-state index contributed by atoms with van der Waals surface area (Å²) in [5, 5.41) is 26.1. The molecule has 3 aliphatic heterocycles. The fraction of sp³-hybridized carbons (Fsp3) is 0.293. The summed E-state index contributed by atoms with van der Waals surface area (Å²) in [6.07, 6.45) is 5.30. The van der Waals surface area contributed by atoms with E-state index in [1.807, 2.05) is 65.5 Å². The SMILES string of the molecule is OB(O)c1cc2nc(OC[C@@]34CCCN3C[C@H](F)C4)nc3c2c(c1Cl)OCCN3Cc1cnn(C(c2ccccc2)(c2ccccc2)c2ccccc2)c1. The molecule has 2 fully saturated rings. The van der Waals surface area contributed by atoms with E-state index in [1.165, 1.54) is 6.07 Å². The van der Waals surface area contributed by atoms with Crippen LogP contribution in [0.25, 0.3) is 10.9 Å². The maximum atomic E-state index is 14.6. The summed E-state index contributed by atoms with van der Waals surface area (Å²) in [4.78, 5) is 14.0. The van der Waals surface area contributed by atoms with E-state index in [0.29, 0.717) is 42.8 Å². The monoisotopic (exact) mass is 744 g/mol. The molecule has 2 atom stereocenters. The lowest BCUT2D eigenvalue weighted by Crippen LogP contribution is -2.43. The third-order valence-electron chi connectivity index (χ3n) is 11.2. The van der Waals surface area contributed by atoms with Crippen LogP contribution in [0.1, 0.15) is 41.5 Å². The average Bonchev–Trinajstić information content (AvgIpc) is 3.86. The van der Waals surface area contributed by atoms with Crippen molar-refractivity contribution in [1.82, 2.24) is 24.6 Å². The molecule has 2 N–H and O–H groups in total. The van der Waals surface area contributed by atoms with Crippen LogP contribution in [0.5, 0.6) is 11.8 Å². The molecular weight excluding hydrogens is 706 g/mol. The molecule has 4 aromatic carbocycles. The summed E-state index contributed by atoms with van der Waals surface area (Å²) in [7, 11) is -1.85. The third-order valence-corrected chi connectivity index (χ3v) is 11.6. The zero-order valence-electron chi connectivity index (χ0n) is 29.6. The number of ether oxygens (including phenoxy) is 2. The van der Waals surface area contributed by atoms with Gasteiger partial charge in [-0.1, -0.05) is 103 Å². The second-order valence-electron chi connectivity index (χ2n) is 14.4. The first-order chi connectivity index (χ1) is 26.4. The van der Waals surface area contributed by atoms with E-state index in [4.69, 9.17) is 36.1 Å². The van der Waals surface area contributed by atoms with Crippen molar-refractivity contribution in [3.63, 3.8) is 0 Å². The van der Waals surface area contributed by atoms with Crippen LogP contribution in [0.4, 0.5) is 10.2 Å². The molecule has 3 aliphatic rings. The third kappa shape index (κ3) is 5.88. The van der Waals surface area contributed by atoms with Crippen LogP contribution in [0.3, 0.4) is 0 Å². The Bertz CT molecular complexity index is 2190. The van der Waals surface area contributed by atoms with E-state index in [0.717, 1.165) is 41.6 Å². The fourth-order valence-corrected chi connectivity index (χ4v) is 9.08. The van der Waals surface area contributed by atoms with Gasteiger partial charge in [0.25, 0.3) is 0 Å². The molecule has 0 amide bonds. The molecular formula is C41H39BClFN6O4. The summed E-state index contributed by atoms with van der Waals surface area (Å²) in [6.45, 7) is 2.58. The van der Waals surface area contributed by atoms with Crippen LogP contribution in [-0.2, 0) is 12.1 Å². The molecule has 13 heteroatoms. The summed E-state index contributed by atoms with van der Waals surface area (Å²) >= 11 is 6.75. The van der Waals surface area contributed by atoms with Crippen molar-refractivity contribution in [3.05, 3.63) is 137 Å². The predicted molar refractivity (Wildman–Crippen MR) is 206 cm³/mol. The Balaban J connectivity index is 1.13. The molecule has 10 nitrogen and oxygen atoms in total. The van der Waals surface area contributed by atoms with Crippen LogP contribution in [-0.4, -0.2) is 86.4 Å². The van der Waals surface area contributed by atoms with E-state index in [9.17, 15) is 14.4 Å². The van der Waals surface area contributed by atoms with Gasteiger partial charge in [0.15, 0.2) is 5.75 Å². The van der Waals surface area contributed by atoms with Gasteiger partial charge in [-0.25, -0.2) is 4.39 Å². The van der Waals surface area contributed by atoms with Crippen molar-refractivity contribution in [2.75, 3.05) is 37.7 Å².